The fourth-order valence-corrected chi connectivity index (χ4v) is 1.44. The van der Waals surface area contributed by atoms with E-state index in [-0.39, 0.29) is 0 Å². The van der Waals surface area contributed by atoms with Crippen molar-refractivity contribution in [2.45, 2.75) is 39.0 Å². The van der Waals surface area contributed by atoms with Crippen LogP contribution in [0.3, 0.4) is 0 Å². The summed E-state index contributed by atoms with van der Waals surface area (Å²) < 4.78 is 0. The Hall–Kier alpha value is -0.780. The zero-order valence-electron chi connectivity index (χ0n) is 7.92. The average Bonchev–Trinajstić information content (AvgIpc) is 2.02. The van der Waals surface area contributed by atoms with Crippen molar-refractivity contribution in [3.05, 3.63) is 36.0 Å². The Bertz CT molecular complexity index is 194. The Morgan fingerprint density at radius 1 is 1.25 bits per heavy atom. The Kier molecular flexibility index (Phi) is 4.51. The molecule has 0 amide bonds. The predicted molar refractivity (Wildman–Crippen MR) is 55.1 cm³/mol. The molecule has 0 heterocycles. The van der Waals surface area contributed by atoms with Gasteiger partial charge in [0.1, 0.15) is 0 Å². The van der Waals surface area contributed by atoms with Crippen LogP contribution in [-0.4, -0.2) is 0 Å². The van der Waals surface area contributed by atoms with Gasteiger partial charge in [0.05, 0.1) is 0 Å². The Morgan fingerprint density at radius 2 is 2.08 bits per heavy atom. The van der Waals surface area contributed by atoms with Crippen molar-refractivity contribution >= 4 is 0 Å². The van der Waals surface area contributed by atoms with E-state index >= 15 is 0 Å². The van der Waals surface area contributed by atoms with Gasteiger partial charge in [0.15, 0.2) is 0 Å². The first-order chi connectivity index (χ1) is 5.93. The lowest BCUT2D eigenvalue weighted by molar-refractivity contribution is 0.884. The maximum Gasteiger partial charge on any atom is -0.0139 e. The van der Waals surface area contributed by atoms with Gasteiger partial charge in [0.2, 0.25) is 0 Å². The molecule has 66 valence electrons. The molecule has 0 atom stereocenters. The smallest absolute Gasteiger partial charge is 0.0139 e. The lowest BCUT2D eigenvalue weighted by atomic mass is 10.0. The first-order valence-electron chi connectivity index (χ1n) is 4.87. The van der Waals surface area contributed by atoms with E-state index in [9.17, 15) is 0 Å². The van der Waals surface area contributed by atoms with Gasteiger partial charge < -0.3 is 0 Å². The maximum atomic E-state index is 2.41. The van der Waals surface area contributed by atoms with E-state index in [4.69, 9.17) is 0 Å². The molecular formula is C12H18. The quantitative estimate of drug-likeness (QED) is 0.538. The molecule has 0 nitrogen and oxygen atoms in total. The zero-order chi connectivity index (χ0) is 8.65. The summed E-state index contributed by atoms with van der Waals surface area (Å²) in [6, 6.07) is 0. The van der Waals surface area contributed by atoms with Crippen molar-refractivity contribution < 1.29 is 0 Å². The van der Waals surface area contributed by atoms with Crippen LogP contribution in [0.2, 0.25) is 0 Å². The Morgan fingerprint density at radius 3 is 2.92 bits per heavy atom. The molecule has 1 aliphatic carbocycles. The number of allylic oxidation sites excluding steroid dienone is 6. The first kappa shape index (κ1) is 9.31. The van der Waals surface area contributed by atoms with E-state index in [1.54, 1.807) is 5.57 Å². The fourth-order valence-electron chi connectivity index (χ4n) is 1.44. The fraction of sp³-hybridized carbons (Fsp3) is 0.500. The van der Waals surface area contributed by atoms with Crippen LogP contribution in [0, 0.1) is 0 Å². The van der Waals surface area contributed by atoms with Crippen LogP contribution in [0.4, 0.5) is 0 Å². The van der Waals surface area contributed by atoms with Crippen LogP contribution >= 0.6 is 0 Å². The minimum absolute atomic E-state index is 1.16. The molecule has 0 unspecified atom stereocenters. The Balaban J connectivity index is 2.39. The van der Waals surface area contributed by atoms with Gasteiger partial charge in [-0.05, 0) is 39.0 Å². The number of hydrogen-bond donors (Lipinski definition) is 0. The van der Waals surface area contributed by atoms with E-state index in [0.29, 0.717) is 0 Å². The van der Waals surface area contributed by atoms with Gasteiger partial charge in [-0.25, -0.2) is 0 Å². The topological polar surface area (TPSA) is 0 Å². The molecular weight excluding hydrogens is 144 g/mol. The third kappa shape index (κ3) is 3.56. The lowest BCUT2D eigenvalue weighted by Gasteiger charge is -2.05. The van der Waals surface area contributed by atoms with Crippen LogP contribution in [0.5, 0.6) is 0 Å². The Labute approximate surface area is 75.7 Å². The van der Waals surface area contributed by atoms with Crippen molar-refractivity contribution in [1.29, 1.82) is 0 Å². The minimum atomic E-state index is 1.16. The summed E-state index contributed by atoms with van der Waals surface area (Å²) in [7, 11) is 0. The van der Waals surface area contributed by atoms with E-state index < -0.39 is 0 Å². The highest BCUT2D eigenvalue weighted by Crippen LogP contribution is 2.15. The summed E-state index contributed by atoms with van der Waals surface area (Å²) in [5, 5.41) is 0. The second kappa shape index (κ2) is 5.82. The highest BCUT2D eigenvalue weighted by atomic mass is 14.0. The van der Waals surface area contributed by atoms with E-state index in [2.05, 4.69) is 37.3 Å². The molecule has 0 aromatic carbocycles. The zero-order valence-corrected chi connectivity index (χ0v) is 7.92. The molecule has 0 bridgehead atoms. The van der Waals surface area contributed by atoms with Crippen LogP contribution in [0.25, 0.3) is 0 Å². The summed E-state index contributed by atoms with van der Waals surface area (Å²) in [6.45, 7) is 2.09. The average molecular weight is 162 g/mol. The molecule has 0 fully saturated rings. The van der Waals surface area contributed by atoms with Crippen LogP contribution in [-0.2, 0) is 0 Å². The monoisotopic (exact) mass is 162 g/mol. The molecule has 0 radical (unpaired) electrons. The molecule has 1 rings (SSSR count). The van der Waals surface area contributed by atoms with Gasteiger partial charge in [-0.15, -0.1) is 0 Å². The third-order valence-corrected chi connectivity index (χ3v) is 2.18. The minimum Gasteiger partial charge on any atom is -0.0913 e. The normalized spacial score (nSPS) is 18.9. The van der Waals surface area contributed by atoms with Crippen molar-refractivity contribution in [2.24, 2.45) is 0 Å². The van der Waals surface area contributed by atoms with E-state index in [1.165, 1.54) is 25.7 Å². The van der Waals surface area contributed by atoms with Crippen molar-refractivity contribution in [2.75, 3.05) is 0 Å². The van der Waals surface area contributed by atoms with Gasteiger partial charge in [0, 0.05) is 0 Å². The molecule has 0 N–H and O–H groups in total. The molecule has 0 saturated carbocycles. The van der Waals surface area contributed by atoms with E-state index in [1.807, 2.05) is 0 Å². The maximum absolute atomic E-state index is 2.41. The lowest BCUT2D eigenvalue weighted by Crippen LogP contribution is -1.85. The summed E-state index contributed by atoms with van der Waals surface area (Å²) in [4.78, 5) is 0. The largest absolute Gasteiger partial charge is 0.0913 e. The standard InChI is InChI=1S/C12H18/c1-2-3-9-12-10-7-5-4-6-8-11-12/h2-5,11H,6-10H2,1H3. The first-order valence-corrected chi connectivity index (χ1v) is 4.87. The van der Waals surface area contributed by atoms with E-state index in [0.717, 1.165) is 6.42 Å². The molecule has 1 aliphatic rings. The van der Waals surface area contributed by atoms with Crippen LogP contribution in [0.15, 0.2) is 36.0 Å². The van der Waals surface area contributed by atoms with Crippen molar-refractivity contribution in [3.63, 3.8) is 0 Å². The predicted octanol–water partition coefficient (Wildman–Crippen LogP) is 4.01. The summed E-state index contributed by atoms with van der Waals surface area (Å²) in [5.41, 5.74) is 1.61. The molecule has 0 aliphatic heterocycles. The van der Waals surface area contributed by atoms with Crippen LogP contribution < -0.4 is 0 Å². The molecule has 0 saturated heterocycles. The highest BCUT2D eigenvalue weighted by Gasteiger charge is 1.95. The second-order valence-corrected chi connectivity index (χ2v) is 3.22. The van der Waals surface area contributed by atoms with Gasteiger partial charge in [0.25, 0.3) is 0 Å². The van der Waals surface area contributed by atoms with Gasteiger partial charge in [-0.2, -0.15) is 0 Å². The third-order valence-electron chi connectivity index (χ3n) is 2.18. The summed E-state index contributed by atoms with van der Waals surface area (Å²) in [5.74, 6) is 0. The highest BCUT2D eigenvalue weighted by molar-refractivity contribution is 5.10. The SMILES string of the molecule is CC=CCC1=CCCC=CCC1. The second-order valence-electron chi connectivity index (χ2n) is 3.22. The molecule has 0 heteroatoms. The molecule has 0 spiro atoms. The van der Waals surface area contributed by atoms with Gasteiger partial charge in [-0.3, -0.25) is 0 Å². The molecule has 0 aromatic heterocycles. The van der Waals surface area contributed by atoms with Crippen molar-refractivity contribution in [1.82, 2.24) is 0 Å². The molecule has 0 aromatic rings. The van der Waals surface area contributed by atoms with Gasteiger partial charge >= 0.3 is 0 Å². The van der Waals surface area contributed by atoms with Crippen LogP contribution in [0.1, 0.15) is 39.0 Å². The number of rotatable bonds is 2. The van der Waals surface area contributed by atoms with Gasteiger partial charge in [-0.1, -0.05) is 36.0 Å². The number of hydrogen-bond acceptors (Lipinski definition) is 0. The summed E-state index contributed by atoms with van der Waals surface area (Å²) in [6.07, 6.45) is 17.5. The summed E-state index contributed by atoms with van der Waals surface area (Å²) >= 11 is 0. The molecule has 12 heavy (non-hydrogen) atoms. The van der Waals surface area contributed by atoms with Crippen molar-refractivity contribution in [3.8, 4) is 0 Å².